The zero-order valence-electron chi connectivity index (χ0n) is 9.13. The molecular weight excluding hydrogens is 288 g/mol. The lowest BCUT2D eigenvalue weighted by Crippen LogP contribution is -2.36. The van der Waals surface area contributed by atoms with Crippen molar-refractivity contribution in [2.75, 3.05) is 6.54 Å². The van der Waals surface area contributed by atoms with Gasteiger partial charge in [0.1, 0.15) is 0 Å². The Morgan fingerprint density at radius 2 is 2.44 bits per heavy atom. The minimum absolute atomic E-state index is 0.0991. The average molecular weight is 303 g/mol. The first-order chi connectivity index (χ1) is 7.66. The number of amides is 1. The van der Waals surface area contributed by atoms with E-state index in [0.717, 1.165) is 17.3 Å². The Morgan fingerprint density at radius 1 is 1.69 bits per heavy atom. The van der Waals surface area contributed by atoms with Crippen LogP contribution in [0.5, 0.6) is 0 Å². The molecule has 1 unspecified atom stereocenters. The van der Waals surface area contributed by atoms with Gasteiger partial charge in [-0.1, -0.05) is 0 Å². The van der Waals surface area contributed by atoms with Gasteiger partial charge >= 0.3 is 0 Å². The topological polar surface area (TPSA) is 41.1 Å². The predicted octanol–water partition coefficient (Wildman–Crippen LogP) is 2.44. The van der Waals surface area contributed by atoms with Crippen LogP contribution < -0.4 is 10.6 Å². The molecule has 0 saturated heterocycles. The number of carbonyl (C=O) groups is 1. The van der Waals surface area contributed by atoms with Crippen molar-refractivity contribution in [3.05, 3.63) is 20.8 Å². The maximum Gasteiger partial charge on any atom is 0.234 e. The smallest absolute Gasteiger partial charge is 0.234 e. The van der Waals surface area contributed by atoms with Crippen LogP contribution in [0, 0.1) is 0 Å². The molecule has 0 spiro atoms. The van der Waals surface area contributed by atoms with Gasteiger partial charge in [0.05, 0.1) is 6.54 Å². The van der Waals surface area contributed by atoms with Gasteiger partial charge in [0.2, 0.25) is 5.91 Å². The van der Waals surface area contributed by atoms with Crippen molar-refractivity contribution < 1.29 is 4.79 Å². The Labute approximate surface area is 108 Å². The van der Waals surface area contributed by atoms with E-state index in [9.17, 15) is 4.79 Å². The first kappa shape index (κ1) is 12.1. The van der Waals surface area contributed by atoms with Gasteiger partial charge in [-0.25, -0.2) is 0 Å². The Hall–Kier alpha value is -0.390. The molecule has 1 saturated carbocycles. The first-order valence-electron chi connectivity index (χ1n) is 5.42. The highest BCUT2D eigenvalue weighted by molar-refractivity contribution is 9.10. The van der Waals surface area contributed by atoms with Crippen molar-refractivity contribution in [2.24, 2.45) is 0 Å². The van der Waals surface area contributed by atoms with Crippen LogP contribution in [0.1, 0.15) is 30.7 Å². The summed E-state index contributed by atoms with van der Waals surface area (Å²) < 4.78 is 1.11. The molecule has 1 aromatic heterocycles. The van der Waals surface area contributed by atoms with Crippen molar-refractivity contribution in [2.45, 2.75) is 31.8 Å². The number of hydrogen-bond acceptors (Lipinski definition) is 3. The molecule has 1 amide bonds. The quantitative estimate of drug-likeness (QED) is 0.877. The average Bonchev–Trinajstić information content (AvgIpc) is 2.95. The van der Waals surface area contributed by atoms with Gasteiger partial charge in [-0.05, 0) is 47.1 Å². The van der Waals surface area contributed by atoms with Crippen LogP contribution in [0.15, 0.2) is 15.9 Å². The summed E-state index contributed by atoms with van der Waals surface area (Å²) in [6.45, 7) is 2.46. The standard InChI is InChI=1S/C11H15BrN2OS/c1-7(11-9(12)4-5-16-11)13-6-10(15)14-8-2-3-8/h4-5,7-8,13H,2-3,6H2,1H3,(H,14,15). The zero-order chi connectivity index (χ0) is 11.5. The van der Waals surface area contributed by atoms with Gasteiger partial charge in [-0.3, -0.25) is 4.79 Å². The molecule has 3 nitrogen and oxygen atoms in total. The third-order valence-corrected chi connectivity index (χ3v) is 4.60. The van der Waals surface area contributed by atoms with Crippen LogP contribution in [-0.4, -0.2) is 18.5 Å². The maximum atomic E-state index is 11.5. The molecule has 0 aliphatic heterocycles. The lowest BCUT2D eigenvalue weighted by atomic mass is 10.3. The van der Waals surface area contributed by atoms with E-state index >= 15 is 0 Å². The predicted molar refractivity (Wildman–Crippen MR) is 69.6 cm³/mol. The number of halogens is 1. The van der Waals surface area contributed by atoms with Crippen molar-refractivity contribution in [1.29, 1.82) is 0 Å². The molecule has 0 radical (unpaired) electrons. The monoisotopic (exact) mass is 302 g/mol. The van der Waals surface area contributed by atoms with Crippen LogP contribution in [0.25, 0.3) is 0 Å². The molecule has 0 aromatic carbocycles. The molecule has 1 aliphatic rings. The summed E-state index contributed by atoms with van der Waals surface area (Å²) in [5, 5.41) is 8.23. The number of nitrogens with one attached hydrogen (secondary N) is 2. The molecule has 16 heavy (non-hydrogen) atoms. The number of hydrogen-bond donors (Lipinski definition) is 2. The summed E-state index contributed by atoms with van der Waals surface area (Å²) in [4.78, 5) is 12.7. The lowest BCUT2D eigenvalue weighted by molar-refractivity contribution is -0.120. The van der Waals surface area contributed by atoms with Gasteiger partial charge in [0.25, 0.3) is 0 Å². The van der Waals surface area contributed by atoms with Crippen molar-refractivity contribution in [3.8, 4) is 0 Å². The van der Waals surface area contributed by atoms with Crippen LogP contribution in [0.3, 0.4) is 0 Å². The van der Waals surface area contributed by atoms with Gasteiger partial charge < -0.3 is 10.6 Å². The van der Waals surface area contributed by atoms with Crippen molar-refractivity contribution in [1.82, 2.24) is 10.6 Å². The van der Waals surface area contributed by atoms with Crippen LogP contribution in [0.4, 0.5) is 0 Å². The Morgan fingerprint density at radius 3 is 3.00 bits per heavy atom. The van der Waals surface area contributed by atoms with E-state index in [1.165, 1.54) is 4.88 Å². The van der Waals surface area contributed by atoms with Gasteiger partial charge in [-0.2, -0.15) is 0 Å². The highest BCUT2D eigenvalue weighted by Gasteiger charge is 2.23. The van der Waals surface area contributed by atoms with E-state index < -0.39 is 0 Å². The molecule has 1 aromatic rings. The molecule has 5 heteroatoms. The van der Waals surface area contributed by atoms with Crippen molar-refractivity contribution in [3.63, 3.8) is 0 Å². The fourth-order valence-corrected chi connectivity index (χ4v) is 3.21. The third-order valence-electron chi connectivity index (χ3n) is 2.55. The second-order valence-corrected chi connectivity index (χ2v) is 5.88. The second kappa shape index (κ2) is 5.29. The maximum absolute atomic E-state index is 11.5. The van der Waals surface area contributed by atoms with E-state index in [2.05, 4.69) is 33.5 Å². The summed E-state index contributed by atoms with van der Waals surface area (Å²) in [5.41, 5.74) is 0. The molecule has 1 aliphatic carbocycles. The normalized spacial score (nSPS) is 17.1. The second-order valence-electron chi connectivity index (χ2n) is 4.08. The SMILES string of the molecule is CC(NCC(=O)NC1CC1)c1sccc1Br. The van der Waals surface area contributed by atoms with Crippen LogP contribution in [-0.2, 0) is 4.79 Å². The van der Waals surface area contributed by atoms with Crippen LogP contribution >= 0.6 is 27.3 Å². The fourth-order valence-electron chi connectivity index (χ4n) is 1.46. The summed E-state index contributed by atoms with van der Waals surface area (Å²) in [6.07, 6.45) is 2.27. The van der Waals surface area contributed by atoms with Gasteiger partial charge in [0.15, 0.2) is 0 Å². The molecule has 1 fully saturated rings. The van der Waals surface area contributed by atoms with Gasteiger partial charge in [0, 0.05) is 21.4 Å². The highest BCUT2D eigenvalue weighted by atomic mass is 79.9. The summed E-state index contributed by atoms with van der Waals surface area (Å²) in [7, 11) is 0. The Kier molecular flexibility index (Phi) is 4.00. The molecule has 2 rings (SSSR count). The van der Waals surface area contributed by atoms with Crippen LogP contribution in [0.2, 0.25) is 0 Å². The van der Waals surface area contributed by atoms with E-state index in [1.807, 2.05) is 11.4 Å². The molecular formula is C11H15BrN2OS. The minimum Gasteiger partial charge on any atom is -0.352 e. The molecule has 2 N–H and O–H groups in total. The fraction of sp³-hybridized carbons (Fsp3) is 0.545. The van der Waals surface area contributed by atoms with Crippen molar-refractivity contribution >= 4 is 33.2 Å². The molecule has 1 atom stereocenters. The van der Waals surface area contributed by atoms with Gasteiger partial charge in [-0.15, -0.1) is 11.3 Å². The number of rotatable bonds is 5. The van der Waals surface area contributed by atoms with E-state index in [-0.39, 0.29) is 11.9 Å². The lowest BCUT2D eigenvalue weighted by Gasteiger charge is -2.12. The molecule has 0 bridgehead atoms. The van der Waals surface area contributed by atoms with E-state index in [4.69, 9.17) is 0 Å². The highest BCUT2D eigenvalue weighted by Crippen LogP contribution is 2.28. The number of thiophene rings is 1. The largest absolute Gasteiger partial charge is 0.352 e. The van der Waals surface area contributed by atoms with E-state index in [1.54, 1.807) is 11.3 Å². The summed E-state index contributed by atoms with van der Waals surface area (Å²) in [6, 6.07) is 2.68. The Balaban J connectivity index is 1.76. The molecule has 88 valence electrons. The first-order valence-corrected chi connectivity index (χ1v) is 7.09. The Bertz CT molecular complexity index is 376. The molecule has 1 heterocycles. The zero-order valence-corrected chi connectivity index (χ0v) is 11.5. The minimum atomic E-state index is 0.0991. The van der Waals surface area contributed by atoms with E-state index in [0.29, 0.717) is 12.6 Å². The third kappa shape index (κ3) is 3.30. The number of carbonyl (C=O) groups excluding carboxylic acids is 1. The summed E-state index contributed by atoms with van der Waals surface area (Å²) in [5.74, 6) is 0.0991. The summed E-state index contributed by atoms with van der Waals surface area (Å²) >= 11 is 5.19.